The number of fused-ring (bicyclic) bond motifs is 5. The predicted octanol–water partition coefficient (Wildman–Crippen LogP) is 4.52. The Labute approximate surface area is 229 Å². The summed E-state index contributed by atoms with van der Waals surface area (Å²) in [5.41, 5.74) is 1.28. The van der Waals surface area contributed by atoms with Crippen LogP contribution in [0.2, 0.25) is 0 Å². The van der Waals surface area contributed by atoms with Gasteiger partial charge >= 0.3 is 11.9 Å². The second-order valence-corrected chi connectivity index (χ2v) is 12.2. The lowest BCUT2D eigenvalue weighted by molar-refractivity contribution is -0.155. The van der Waals surface area contributed by atoms with Crippen LogP contribution in [0.4, 0.5) is 0 Å². The van der Waals surface area contributed by atoms with E-state index in [1.807, 2.05) is 36.4 Å². The second-order valence-electron chi connectivity index (χ2n) is 12.2. The first-order valence-electron chi connectivity index (χ1n) is 14.1. The van der Waals surface area contributed by atoms with Gasteiger partial charge in [0.05, 0.1) is 18.9 Å². The Bertz CT molecular complexity index is 1200. The molecule has 1 aromatic carbocycles. The number of hydrogen-bond acceptors (Lipinski definition) is 7. The van der Waals surface area contributed by atoms with E-state index in [1.165, 1.54) is 0 Å². The van der Waals surface area contributed by atoms with Crippen molar-refractivity contribution < 1.29 is 33.8 Å². The third-order valence-corrected chi connectivity index (χ3v) is 10.0. The zero-order chi connectivity index (χ0) is 27.8. The Hall–Kier alpha value is -3.06. The number of aliphatic hydroxyl groups is 1. The Morgan fingerprint density at radius 2 is 1.72 bits per heavy atom. The van der Waals surface area contributed by atoms with Crippen LogP contribution in [0.3, 0.4) is 0 Å². The first-order chi connectivity index (χ1) is 18.6. The molecule has 3 saturated carbocycles. The number of carbonyl (C=O) groups excluding carboxylic acids is 4. The van der Waals surface area contributed by atoms with Gasteiger partial charge in [0.2, 0.25) is 0 Å². The van der Waals surface area contributed by atoms with Gasteiger partial charge in [-0.25, -0.2) is 0 Å². The molecular weight excluding hydrogens is 496 g/mol. The van der Waals surface area contributed by atoms with Crippen molar-refractivity contribution in [3.05, 3.63) is 59.7 Å². The van der Waals surface area contributed by atoms with Crippen LogP contribution in [0.15, 0.2) is 54.1 Å². The van der Waals surface area contributed by atoms with Crippen LogP contribution in [-0.4, -0.2) is 41.3 Å². The van der Waals surface area contributed by atoms with Gasteiger partial charge in [0.15, 0.2) is 11.6 Å². The van der Waals surface area contributed by atoms with Crippen molar-refractivity contribution in [1.29, 1.82) is 0 Å². The van der Waals surface area contributed by atoms with Crippen molar-refractivity contribution in [2.75, 3.05) is 6.61 Å². The van der Waals surface area contributed by atoms with Gasteiger partial charge in [-0.15, -0.1) is 0 Å². The number of ketones is 2. The minimum absolute atomic E-state index is 0.0150. The summed E-state index contributed by atoms with van der Waals surface area (Å²) < 4.78 is 10.5. The highest BCUT2D eigenvalue weighted by atomic mass is 16.5. The minimum atomic E-state index is -0.596. The summed E-state index contributed by atoms with van der Waals surface area (Å²) in [7, 11) is 0. The molecule has 5 rings (SSSR count). The third-order valence-electron chi connectivity index (χ3n) is 10.0. The quantitative estimate of drug-likeness (QED) is 0.489. The predicted molar refractivity (Wildman–Crippen MR) is 143 cm³/mol. The summed E-state index contributed by atoms with van der Waals surface area (Å²) in [5, 5.41) is 11.5. The first kappa shape index (κ1) is 27.5. The van der Waals surface area contributed by atoms with Crippen molar-refractivity contribution in [1.82, 2.24) is 0 Å². The number of hydrogen-bond donors (Lipinski definition) is 1. The van der Waals surface area contributed by atoms with Crippen molar-refractivity contribution in [2.45, 2.75) is 71.5 Å². The average molecular weight is 535 g/mol. The molecule has 0 heterocycles. The first-order valence-corrected chi connectivity index (χ1v) is 14.1. The molecule has 0 spiro atoms. The molecule has 0 aliphatic heterocycles. The van der Waals surface area contributed by atoms with Crippen LogP contribution in [-0.2, 0) is 35.3 Å². The van der Waals surface area contributed by atoms with Crippen molar-refractivity contribution in [2.24, 2.45) is 34.5 Å². The fourth-order valence-corrected chi connectivity index (χ4v) is 8.19. The van der Waals surface area contributed by atoms with E-state index in [9.17, 15) is 24.3 Å². The van der Waals surface area contributed by atoms with Gasteiger partial charge in [0.1, 0.15) is 13.2 Å². The van der Waals surface area contributed by atoms with Gasteiger partial charge in [0.25, 0.3) is 0 Å². The van der Waals surface area contributed by atoms with Crippen LogP contribution >= 0.6 is 0 Å². The fraction of sp³-hybridized carbons (Fsp3) is 0.562. The molecule has 4 aliphatic rings. The van der Waals surface area contributed by atoms with Gasteiger partial charge in [0, 0.05) is 17.3 Å². The highest BCUT2D eigenvalue weighted by molar-refractivity contribution is 6.01. The SMILES string of the molecule is C[C@]12C=CC(=O)C=C1CC[C@@H]1C2[C@@H](O)C[C@@]2(C)C1CC[C@@H]2C(=O)COC(=O)CCC(=O)OCc1ccccc1. The molecule has 0 amide bonds. The van der Waals surface area contributed by atoms with E-state index in [4.69, 9.17) is 9.47 Å². The molecule has 0 aromatic heterocycles. The molecule has 0 radical (unpaired) electrons. The van der Waals surface area contributed by atoms with Gasteiger partial charge in [-0.05, 0) is 67.1 Å². The van der Waals surface area contributed by atoms with E-state index in [0.29, 0.717) is 18.8 Å². The van der Waals surface area contributed by atoms with Crippen LogP contribution in [0.25, 0.3) is 0 Å². The number of ether oxygens (including phenoxy) is 2. The molecular formula is C32H38O7. The lowest BCUT2D eigenvalue weighted by Gasteiger charge is -2.58. The molecule has 1 N–H and O–H groups in total. The van der Waals surface area contributed by atoms with Crippen LogP contribution in [0.1, 0.15) is 64.4 Å². The Morgan fingerprint density at radius 3 is 2.46 bits per heavy atom. The number of aliphatic hydroxyl groups excluding tert-OH is 1. The Morgan fingerprint density at radius 1 is 1.00 bits per heavy atom. The topological polar surface area (TPSA) is 107 Å². The van der Waals surface area contributed by atoms with Crippen LogP contribution in [0, 0.1) is 34.5 Å². The van der Waals surface area contributed by atoms with Gasteiger partial charge in [-0.1, -0.05) is 55.8 Å². The van der Waals surface area contributed by atoms with E-state index >= 15 is 0 Å². The van der Waals surface area contributed by atoms with Gasteiger partial charge in [-0.2, -0.15) is 0 Å². The molecule has 7 atom stereocenters. The summed E-state index contributed by atoms with van der Waals surface area (Å²) in [5.74, 6) is -0.891. The number of esters is 2. The molecule has 7 nitrogen and oxygen atoms in total. The summed E-state index contributed by atoms with van der Waals surface area (Å²) in [4.78, 5) is 49.6. The summed E-state index contributed by atoms with van der Waals surface area (Å²) >= 11 is 0. The molecule has 39 heavy (non-hydrogen) atoms. The molecule has 1 aromatic rings. The maximum Gasteiger partial charge on any atom is 0.306 e. The summed E-state index contributed by atoms with van der Waals surface area (Å²) in [6, 6.07) is 9.30. The standard InChI is InChI=1S/C32H38O7/c1-31-15-14-22(33)16-21(31)8-9-23-24-10-11-25(32(24,2)17-26(34)30(23)31)27(35)19-39-29(37)13-12-28(36)38-18-20-6-4-3-5-7-20/h3-7,14-16,23-26,30,34H,8-13,17-19H2,1-2H3/t23-,24?,25+,26-,30?,31-,32-/m0/s1. The molecule has 2 unspecified atom stereocenters. The molecule has 208 valence electrons. The lowest BCUT2D eigenvalue weighted by atomic mass is 9.46. The Balaban J connectivity index is 1.14. The maximum absolute atomic E-state index is 13.3. The number of benzene rings is 1. The Kier molecular flexibility index (Phi) is 7.64. The highest BCUT2D eigenvalue weighted by Gasteiger charge is 2.62. The van der Waals surface area contributed by atoms with Crippen LogP contribution in [0.5, 0.6) is 0 Å². The monoisotopic (exact) mass is 534 g/mol. The molecule has 7 heteroatoms. The lowest BCUT2D eigenvalue weighted by Crippen LogP contribution is -2.56. The molecule has 4 aliphatic carbocycles. The zero-order valence-corrected chi connectivity index (χ0v) is 22.8. The van der Waals surface area contributed by atoms with Crippen LogP contribution < -0.4 is 0 Å². The zero-order valence-electron chi connectivity index (χ0n) is 22.8. The summed E-state index contributed by atoms with van der Waals surface area (Å²) in [6.07, 6.45) is 8.40. The van der Waals surface area contributed by atoms with E-state index in [1.54, 1.807) is 12.2 Å². The van der Waals surface area contributed by atoms with Gasteiger partial charge in [-0.3, -0.25) is 19.2 Å². The summed E-state index contributed by atoms with van der Waals surface area (Å²) in [6.45, 7) is 4.09. The van der Waals surface area contributed by atoms with E-state index in [2.05, 4.69) is 13.8 Å². The van der Waals surface area contributed by atoms with Crippen molar-refractivity contribution in [3.63, 3.8) is 0 Å². The van der Waals surface area contributed by atoms with E-state index in [-0.39, 0.29) is 66.2 Å². The highest BCUT2D eigenvalue weighted by Crippen LogP contribution is 2.66. The van der Waals surface area contributed by atoms with E-state index in [0.717, 1.165) is 30.4 Å². The minimum Gasteiger partial charge on any atom is -0.461 e. The third kappa shape index (κ3) is 5.25. The number of rotatable bonds is 8. The number of allylic oxidation sites excluding steroid dienone is 4. The largest absolute Gasteiger partial charge is 0.461 e. The smallest absolute Gasteiger partial charge is 0.306 e. The molecule has 0 saturated heterocycles. The molecule has 0 bridgehead atoms. The van der Waals surface area contributed by atoms with Gasteiger partial charge < -0.3 is 14.6 Å². The average Bonchev–Trinajstić information content (AvgIpc) is 3.26. The second kappa shape index (κ2) is 10.8. The maximum atomic E-state index is 13.3. The van der Waals surface area contributed by atoms with Crippen molar-refractivity contribution >= 4 is 23.5 Å². The molecule has 3 fully saturated rings. The number of Topliss-reactive ketones (excluding diaryl/α,β-unsaturated/α-hetero) is 1. The fourth-order valence-electron chi connectivity index (χ4n) is 8.19. The van der Waals surface area contributed by atoms with E-state index < -0.39 is 18.0 Å². The number of carbonyl (C=O) groups is 4. The normalized spacial score (nSPS) is 34.8. The van der Waals surface area contributed by atoms with Crippen molar-refractivity contribution in [3.8, 4) is 0 Å².